The predicted molar refractivity (Wildman–Crippen MR) is 105 cm³/mol. The minimum atomic E-state index is -0.987. The molecular weight excluding hydrogens is 314 g/mol. The molecule has 2 amide bonds. The van der Waals surface area contributed by atoms with Crippen molar-refractivity contribution in [2.24, 2.45) is 11.6 Å². The number of hydrazine groups is 1. The van der Waals surface area contributed by atoms with Crippen molar-refractivity contribution in [1.82, 2.24) is 5.01 Å². The van der Waals surface area contributed by atoms with E-state index in [1.54, 1.807) is 0 Å². The number of rotatable bonds is 17. The van der Waals surface area contributed by atoms with E-state index in [0.29, 0.717) is 6.54 Å². The van der Waals surface area contributed by atoms with Crippen molar-refractivity contribution in [2.75, 3.05) is 6.54 Å². The van der Waals surface area contributed by atoms with Crippen molar-refractivity contribution in [3.63, 3.8) is 0 Å². The molecule has 25 heavy (non-hydrogen) atoms. The molecule has 4 N–H and O–H groups in total. The minimum absolute atomic E-state index is 0.403. The average molecular weight is 356 g/mol. The molecule has 0 aliphatic carbocycles. The summed E-state index contributed by atoms with van der Waals surface area (Å²) in [5, 5.41) is 0.923. The lowest BCUT2D eigenvalue weighted by atomic mass is 10.0. The normalized spacial score (nSPS) is 10.8. The number of hydrogen-bond acceptors (Lipinski definition) is 3. The lowest BCUT2D eigenvalue weighted by molar-refractivity contribution is -0.144. The maximum atomic E-state index is 11.2. The van der Waals surface area contributed by atoms with Crippen LogP contribution in [0, 0.1) is 0 Å². The first-order chi connectivity index (χ1) is 12.1. The number of unbranched alkanes of at least 4 members (excludes halogenated alkanes) is 15. The van der Waals surface area contributed by atoms with Gasteiger partial charge in [-0.05, 0) is 6.42 Å². The van der Waals surface area contributed by atoms with E-state index < -0.39 is 11.8 Å². The number of carbonyl (C=O) groups is 2. The van der Waals surface area contributed by atoms with Crippen molar-refractivity contribution in [3.05, 3.63) is 0 Å². The quantitative estimate of drug-likeness (QED) is 0.133. The van der Waals surface area contributed by atoms with Gasteiger partial charge in [0.05, 0.1) is 0 Å². The molecule has 0 aliphatic heterocycles. The van der Waals surface area contributed by atoms with E-state index in [2.05, 4.69) is 6.92 Å². The van der Waals surface area contributed by atoms with Crippen molar-refractivity contribution in [1.29, 1.82) is 0 Å². The van der Waals surface area contributed by atoms with Gasteiger partial charge in [0.2, 0.25) is 0 Å². The summed E-state index contributed by atoms with van der Waals surface area (Å²) in [7, 11) is 0. The van der Waals surface area contributed by atoms with Gasteiger partial charge >= 0.3 is 11.8 Å². The summed E-state index contributed by atoms with van der Waals surface area (Å²) in [5.74, 6) is 3.67. The maximum Gasteiger partial charge on any atom is 0.325 e. The van der Waals surface area contributed by atoms with Crippen molar-refractivity contribution in [2.45, 2.75) is 110 Å². The molecule has 0 saturated heterocycles. The molecule has 0 rings (SSSR count). The molecule has 148 valence electrons. The fourth-order valence-electron chi connectivity index (χ4n) is 3.07. The van der Waals surface area contributed by atoms with E-state index in [1.165, 1.54) is 83.5 Å². The van der Waals surface area contributed by atoms with Crippen LogP contribution in [0.4, 0.5) is 0 Å². The molecule has 0 radical (unpaired) electrons. The number of hydrogen-bond donors (Lipinski definition) is 2. The SMILES string of the molecule is CCCCCCCCCCCCCCCCCCN(N)C(=O)C(N)=O. The monoisotopic (exact) mass is 355 g/mol. The van der Waals surface area contributed by atoms with Gasteiger partial charge in [-0.25, -0.2) is 5.84 Å². The Morgan fingerprint density at radius 2 is 0.960 bits per heavy atom. The van der Waals surface area contributed by atoms with Gasteiger partial charge < -0.3 is 5.73 Å². The number of amides is 2. The lowest BCUT2D eigenvalue weighted by Crippen LogP contribution is -2.45. The Morgan fingerprint density at radius 1 is 0.640 bits per heavy atom. The second-order valence-electron chi connectivity index (χ2n) is 7.17. The van der Waals surface area contributed by atoms with Crippen molar-refractivity contribution in [3.8, 4) is 0 Å². The molecule has 0 fully saturated rings. The first-order valence-electron chi connectivity index (χ1n) is 10.5. The van der Waals surface area contributed by atoms with E-state index >= 15 is 0 Å². The van der Waals surface area contributed by atoms with E-state index in [1.807, 2.05) is 0 Å². The summed E-state index contributed by atoms with van der Waals surface area (Å²) < 4.78 is 0. The summed E-state index contributed by atoms with van der Waals surface area (Å²) in [6.07, 6.45) is 20.9. The van der Waals surface area contributed by atoms with E-state index in [0.717, 1.165) is 24.3 Å². The van der Waals surface area contributed by atoms with Crippen LogP contribution in [0.5, 0.6) is 0 Å². The number of nitrogens with two attached hydrogens (primary N) is 2. The third-order valence-corrected chi connectivity index (χ3v) is 4.72. The summed E-state index contributed by atoms with van der Waals surface area (Å²) in [6, 6.07) is 0. The Hall–Kier alpha value is -1.10. The molecule has 0 aromatic heterocycles. The number of nitrogens with zero attached hydrogens (tertiary/aromatic N) is 1. The van der Waals surface area contributed by atoms with E-state index in [-0.39, 0.29) is 0 Å². The number of carbonyl (C=O) groups excluding carboxylic acids is 2. The largest absolute Gasteiger partial charge is 0.361 e. The number of primary amides is 1. The van der Waals surface area contributed by atoms with Crippen LogP contribution >= 0.6 is 0 Å². The average Bonchev–Trinajstić information content (AvgIpc) is 2.60. The highest BCUT2D eigenvalue weighted by Gasteiger charge is 2.14. The third-order valence-electron chi connectivity index (χ3n) is 4.72. The molecule has 0 aliphatic rings. The van der Waals surface area contributed by atoms with Crippen LogP contribution in [-0.4, -0.2) is 23.4 Å². The predicted octanol–water partition coefficient (Wildman–Crippen LogP) is 4.44. The zero-order valence-electron chi connectivity index (χ0n) is 16.4. The molecule has 0 aromatic carbocycles. The van der Waals surface area contributed by atoms with Gasteiger partial charge in [0.15, 0.2) is 0 Å². The van der Waals surface area contributed by atoms with E-state index in [9.17, 15) is 9.59 Å². The topological polar surface area (TPSA) is 89.4 Å². The maximum absolute atomic E-state index is 11.2. The summed E-state index contributed by atoms with van der Waals surface area (Å²) >= 11 is 0. The van der Waals surface area contributed by atoms with Crippen LogP contribution in [0.3, 0.4) is 0 Å². The molecule has 5 nitrogen and oxygen atoms in total. The van der Waals surface area contributed by atoms with Crippen LogP contribution in [0.15, 0.2) is 0 Å². The second-order valence-corrected chi connectivity index (χ2v) is 7.17. The third kappa shape index (κ3) is 16.1. The highest BCUT2D eigenvalue weighted by molar-refractivity contribution is 6.34. The Balaban J connectivity index is 3.17. The molecule has 0 aromatic rings. The minimum Gasteiger partial charge on any atom is -0.361 e. The van der Waals surface area contributed by atoms with Gasteiger partial charge in [-0.15, -0.1) is 0 Å². The first-order valence-corrected chi connectivity index (χ1v) is 10.5. The van der Waals surface area contributed by atoms with Gasteiger partial charge in [0.25, 0.3) is 0 Å². The molecule has 0 spiro atoms. The fraction of sp³-hybridized carbons (Fsp3) is 0.900. The Kier molecular flexibility index (Phi) is 16.9. The molecule has 0 bridgehead atoms. The van der Waals surface area contributed by atoms with Crippen molar-refractivity contribution >= 4 is 11.8 Å². The van der Waals surface area contributed by atoms with Gasteiger partial charge in [-0.2, -0.15) is 0 Å². The molecule has 0 atom stereocenters. The smallest absolute Gasteiger partial charge is 0.325 e. The van der Waals surface area contributed by atoms with Gasteiger partial charge in [-0.1, -0.05) is 103 Å². The molecule has 0 unspecified atom stereocenters. The fourth-order valence-corrected chi connectivity index (χ4v) is 3.07. The zero-order valence-corrected chi connectivity index (χ0v) is 16.4. The summed E-state index contributed by atoms with van der Waals surface area (Å²) in [4.78, 5) is 21.8. The standard InChI is InChI=1S/C20H41N3O2/c1-2-3-4-5-6-7-8-9-10-11-12-13-14-15-16-17-18-23(22)20(25)19(21)24/h2-18,22H2,1H3,(H2,21,24). The van der Waals surface area contributed by atoms with Crippen molar-refractivity contribution < 1.29 is 9.59 Å². The van der Waals surface area contributed by atoms with Crippen LogP contribution in [0.25, 0.3) is 0 Å². The zero-order chi connectivity index (χ0) is 18.8. The highest BCUT2D eigenvalue weighted by Crippen LogP contribution is 2.13. The summed E-state index contributed by atoms with van der Waals surface area (Å²) in [6.45, 7) is 2.67. The molecule has 0 heterocycles. The molecule has 0 saturated carbocycles. The van der Waals surface area contributed by atoms with Crippen LogP contribution in [0.2, 0.25) is 0 Å². The molecular formula is C20H41N3O2. The highest BCUT2D eigenvalue weighted by atomic mass is 16.2. The van der Waals surface area contributed by atoms with Gasteiger partial charge in [-0.3, -0.25) is 14.6 Å². The van der Waals surface area contributed by atoms with Gasteiger partial charge in [0, 0.05) is 6.54 Å². The first kappa shape index (κ1) is 23.9. The van der Waals surface area contributed by atoms with Crippen LogP contribution in [-0.2, 0) is 9.59 Å². The summed E-state index contributed by atoms with van der Waals surface area (Å²) in [5.41, 5.74) is 4.89. The van der Waals surface area contributed by atoms with Crippen LogP contribution in [0.1, 0.15) is 110 Å². The molecule has 5 heteroatoms. The lowest BCUT2D eigenvalue weighted by Gasteiger charge is -2.13. The van der Waals surface area contributed by atoms with E-state index in [4.69, 9.17) is 11.6 Å². The Labute approximate surface area is 154 Å². The Bertz CT molecular complexity index is 335. The second kappa shape index (κ2) is 17.7. The van der Waals surface area contributed by atoms with Crippen LogP contribution < -0.4 is 11.6 Å². The van der Waals surface area contributed by atoms with Gasteiger partial charge in [0.1, 0.15) is 0 Å². The Morgan fingerprint density at radius 3 is 1.28 bits per heavy atom.